The van der Waals surface area contributed by atoms with Gasteiger partial charge in [0.1, 0.15) is 11.6 Å². The predicted octanol–water partition coefficient (Wildman–Crippen LogP) is 1.50. The van der Waals surface area contributed by atoms with Crippen LogP contribution in [-0.2, 0) is 19.1 Å². The zero-order valence-corrected chi connectivity index (χ0v) is 15.9. The van der Waals surface area contributed by atoms with Gasteiger partial charge in [-0.25, -0.2) is 4.79 Å². The van der Waals surface area contributed by atoms with Crippen LogP contribution in [0.2, 0.25) is 0 Å². The average molecular weight is 395 g/mol. The van der Waals surface area contributed by atoms with E-state index in [1.807, 2.05) is 0 Å². The van der Waals surface area contributed by atoms with E-state index >= 15 is 0 Å². The SMILES string of the molecule is CC(C)(C)OC(=O)[C@@H]1CCCN1C(=O)[C@@H](N)CCCCNC(=O)C(F)(F)F. The molecule has 0 radical (unpaired) electrons. The van der Waals surface area contributed by atoms with Gasteiger partial charge >= 0.3 is 18.1 Å². The van der Waals surface area contributed by atoms with E-state index in [0.717, 1.165) is 0 Å². The summed E-state index contributed by atoms with van der Waals surface area (Å²) >= 11 is 0. The van der Waals surface area contributed by atoms with Gasteiger partial charge in [-0.1, -0.05) is 0 Å². The molecule has 0 aromatic heterocycles. The second-order valence-electron chi connectivity index (χ2n) is 7.58. The Morgan fingerprint density at radius 1 is 1.22 bits per heavy atom. The Labute approximate surface area is 156 Å². The Bertz CT molecular complexity index is 547. The molecule has 10 heteroatoms. The van der Waals surface area contributed by atoms with Gasteiger partial charge in [-0.15, -0.1) is 0 Å². The van der Waals surface area contributed by atoms with Crippen LogP contribution in [0.3, 0.4) is 0 Å². The number of esters is 1. The molecular weight excluding hydrogens is 367 g/mol. The number of unbranched alkanes of at least 4 members (excludes halogenated alkanes) is 1. The van der Waals surface area contributed by atoms with Crippen LogP contribution < -0.4 is 11.1 Å². The predicted molar refractivity (Wildman–Crippen MR) is 91.5 cm³/mol. The second kappa shape index (κ2) is 9.38. The number of hydrogen-bond donors (Lipinski definition) is 2. The van der Waals surface area contributed by atoms with Crippen LogP contribution in [0.25, 0.3) is 0 Å². The highest BCUT2D eigenvalue weighted by Gasteiger charge is 2.39. The number of nitrogens with one attached hydrogen (secondary N) is 1. The van der Waals surface area contributed by atoms with Crippen molar-refractivity contribution in [3.05, 3.63) is 0 Å². The highest BCUT2D eigenvalue weighted by atomic mass is 19.4. The molecule has 1 heterocycles. The molecule has 2 atom stereocenters. The van der Waals surface area contributed by atoms with Crippen molar-refractivity contribution in [3.8, 4) is 0 Å². The highest BCUT2D eigenvalue weighted by Crippen LogP contribution is 2.22. The minimum atomic E-state index is -4.90. The summed E-state index contributed by atoms with van der Waals surface area (Å²) in [5, 5.41) is 1.76. The third-order valence-corrected chi connectivity index (χ3v) is 4.02. The molecule has 27 heavy (non-hydrogen) atoms. The molecule has 0 saturated carbocycles. The summed E-state index contributed by atoms with van der Waals surface area (Å²) in [4.78, 5) is 36.9. The number of nitrogens with two attached hydrogens (primary N) is 1. The van der Waals surface area contributed by atoms with Crippen molar-refractivity contribution in [3.63, 3.8) is 0 Å². The lowest BCUT2D eigenvalue weighted by Crippen LogP contribution is -2.49. The lowest BCUT2D eigenvalue weighted by Gasteiger charge is -2.29. The summed E-state index contributed by atoms with van der Waals surface area (Å²) < 4.78 is 41.5. The van der Waals surface area contributed by atoms with Crippen LogP contribution in [-0.4, -0.2) is 59.6 Å². The number of carbonyl (C=O) groups excluding carboxylic acids is 3. The lowest BCUT2D eigenvalue weighted by atomic mass is 10.1. The number of hydrogen-bond acceptors (Lipinski definition) is 5. The van der Waals surface area contributed by atoms with Crippen molar-refractivity contribution in [2.75, 3.05) is 13.1 Å². The van der Waals surface area contributed by atoms with Crippen LogP contribution in [0.1, 0.15) is 52.9 Å². The zero-order chi connectivity index (χ0) is 20.8. The third-order valence-electron chi connectivity index (χ3n) is 4.02. The zero-order valence-electron chi connectivity index (χ0n) is 15.9. The first-order chi connectivity index (χ1) is 12.3. The maximum absolute atomic E-state index is 12.5. The molecule has 1 saturated heterocycles. The Morgan fingerprint density at radius 3 is 2.41 bits per heavy atom. The molecule has 1 aliphatic rings. The summed E-state index contributed by atoms with van der Waals surface area (Å²) in [5.41, 5.74) is 5.23. The molecule has 2 amide bonds. The van der Waals surface area contributed by atoms with Crippen molar-refractivity contribution in [2.45, 2.75) is 76.7 Å². The highest BCUT2D eigenvalue weighted by molar-refractivity contribution is 5.88. The topological polar surface area (TPSA) is 102 Å². The van der Waals surface area contributed by atoms with Crippen molar-refractivity contribution in [1.29, 1.82) is 0 Å². The van der Waals surface area contributed by atoms with E-state index < -0.39 is 35.7 Å². The van der Waals surface area contributed by atoms with E-state index in [9.17, 15) is 27.6 Å². The minimum absolute atomic E-state index is 0.149. The van der Waals surface area contributed by atoms with Gasteiger partial charge in [-0.05, 0) is 52.9 Å². The first-order valence-corrected chi connectivity index (χ1v) is 8.97. The molecule has 1 rings (SSSR count). The Hall–Kier alpha value is -1.84. The van der Waals surface area contributed by atoms with E-state index in [-0.39, 0.29) is 25.3 Å². The molecular formula is C17H28F3N3O4. The standard InChI is InChI=1S/C17H28F3N3O4/c1-16(2,3)27-14(25)12-8-6-10-23(12)13(24)11(21)7-4-5-9-22-15(26)17(18,19)20/h11-12H,4-10,21H2,1-3H3,(H,22,26)/t11-,12-/m0/s1. The molecule has 0 aromatic rings. The van der Waals surface area contributed by atoms with E-state index in [1.54, 1.807) is 26.1 Å². The Morgan fingerprint density at radius 2 is 1.85 bits per heavy atom. The summed E-state index contributed by atoms with van der Waals surface area (Å²) in [5.74, 6) is -2.82. The number of carbonyl (C=O) groups is 3. The first-order valence-electron chi connectivity index (χ1n) is 8.97. The lowest BCUT2D eigenvalue weighted by molar-refractivity contribution is -0.173. The molecule has 0 bridgehead atoms. The molecule has 7 nitrogen and oxygen atoms in total. The normalized spacial score (nSPS) is 18.9. The van der Waals surface area contributed by atoms with Crippen LogP contribution >= 0.6 is 0 Å². The van der Waals surface area contributed by atoms with Gasteiger partial charge in [0, 0.05) is 13.1 Å². The van der Waals surface area contributed by atoms with Gasteiger partial charge in [0.25, 0.3) is 0 Å². The van der Waals surface area contributed by atoms with Crippen molar-refractivity contribution >= 4 is 17.8 Å². The molecule has 0 spiro atoms. The summed E-state index contributed by atoms with van der Waals surface area (Å²) in [6.45, 7) is 5.50. The number of rotatable bonds is 7. The quantitative estimate of drug-likeness (QED) is 0.502. The second-order valence-corrected chi connectivity index (χ2v) is 7.58. The van der Waals surface area contributed by atoms with E-state index in [2.05, 4.69) is 0 Å². The van der Waals surface area contributed by atoms with E-state index in [1.165, 1.54) is 4.90 Å². The molecule has 0 aliphatic carbocycles. The minimum Gasteiger partial charge on any atom is -0.458 e. The fourth-order valence-electron chi connectivity index (χ4n) is 2.77. The molecule has 156 valence electrons. The van der Waals surface area contributed by atoms with E-state index in [0.29, 0.717) is 25.8 Å². The summed E-state index contributed by atoms with van der Waals surface area (Å²) in [6.07, 6.45) is -2.84. The Kier molecular flexibility index (Phi) is 8.06. The fraction of sp³-hybridized carbons (Fsp3) is 0.824. The largest absolute Gasteiger partial charge is 0.471 e. The fourth-order valence-corrected chi connectivity index (χ4v) is 2.77. The van der Waals surface area contributed by atoms with Crippen molar-refractivity contribution in [1.82, 2.24) is 10.2 Å². The number of amides is 2. The van der Waals surface area contributed by atoms with Crippen LogP contribution in [0.5, 0.6) is 0 Å². The van der Waals surface area contributed by atoms with Gasteiger partial charge in [0.05, 0.1) is 6.04 Å². The average Bonchev–Trinajstić information content (AvgIpc) is 3.00. The van der Waals surface area contributed by atoms with Gasteiger partial charge in [-0.3, -0.25) is 9.59 Å². The number of halogens is 3. The number of ether oxygens (including phenoxy) is 1. The van der Waals surface area contributed by atoms with Gasteiger partial charge in [-0.2, -0.15) is 13.2 Å². The third kappa shape index (κ3) is 7.74. The maximum atomic E-state index is 12.5. The van der Waals surface area contributed by atoms with Crippen LogP contribution in [0.15, 0.2) is 0 Å². The van der Waals surface area contributed by atoms with Crippen LogP contribution in [0.4, 0.5) is 13.2 Å². The number of likely N-dealkylation sites (tertiary alicyclic amines) is 1. The molecule has 3 N–H and O–H groups in total. The molecule has 1 aliphatic heterocycles. The smallest absolute Gasteiger partial charge is 0.458 e. The van der Waals surface area contributed by atoms with Crippen molar-refractivity contribution in [2.24, 2.45) is 5.73 Å². The van der Waals surface area contributed by atoms with Gasteiger partial charge in [0.2, 0.25) is 5.91 Å². The van der Waals surface area contributed by atoms with Gasteiger partial charge < -0.3 is 20.7 Å². The molecule has 0 aromatic carbocycles. The van der Waals surface area contributed by atoms with Crippen molar-refractivity contribution < 1.29 is 32.3 Å². The summed E-state index contributed by atoms with van der Waals surface area (Å²) in [6, 6.07) is -1.51. The number of nitrogens with zero attached hydrogens (tertiary/aromatic N) is 1. The summed E-state index contributed by atoms with van der Waals surface area (Å²) in [7, 11) is 0. The molecule has 0 unspecified atom stereocenters. The number of alkyl halides is 3. The molecule has 1 fully saturated rings. The Balaban J connectivity index is 2.42. The van der Waals surface area contributed by atoms with Crippen LogP contribution in [0, 0.1) is 0 Å². The van der Waals surface area contributed by atoms with Gasteiger partial charge in [0.15, 0.2) is 0 Å². The van der Waals surface area contributed by atoms with E-state index in [4.69, 9.17) is 10.5 Å². The maximum Gasteiger partial charge on any atom is 0.471 e. The monoisotopic (exact) mass is 395 g/mol. The first kappa shape index (κ1) is 23.2.